The molecule has 0 bridgehead atoms. The number of hydrogen-bond acceptors (Lipinski definition) is 7. The molecule has 0 aliphatic carbocycles. The van der Waals surface area contributed by atoms with Crippen molar-refractivity contribution >= 4 is 27.5 Å². The fourth-order valence-electron chi connectivity index (χ4n) is 5.16. The largest absolute Gasteiger partial charge is 0.494 e. The van der Waals surface area contributed by atoms with E-state index in [-0.39, 0.29) is 17.9 Å². The van der Waals surface area contributed by atoms with Crippen LogP contribution in [-0.2, 0) is 24.3 Å². The van der Waals surface area contributed by atoms with Crippen molar-refractivity contribution in [2.24, 2.45) is 0 Å². The van der Waals surface area contributed by atoms with Crippen molar-refractivity contribution in [3.63, 3.8) is 0 Å². The van der Waals surface area contributed by atoms with Crippen LogP contribution in [0.1, 0.15) is 35.6 Å². The van der Waals surface area contributed by atoms with E-state index in [1.807, 2.05) is 26.8 Å². The quantitative estimate of drug-likeness (QED) is 0.449. The molecule has 0 saturated carbocycles. The smallest absolute Gasteiger partial charge is 0.252 e. The van der Waals surface area contributed by atoms with Gasteiger partial charge in [-0.15, -0.1) is 0 Å². The number of imide groups is 1. The maximum atomic E-state index is 14.3. The Kier molecular flexibility index (Phi) is 8.56. The zero-order valence-corrected chi connectivity index (χ0v) is 23.6. The van der Waals surface area contributed by atoms with Crippen LogP contribution in [0.3, 0.4) is 0 Å². The van der Waals surface area contributed by atoms with E-state index in [4.69, 9.17) is 9.47 Å². The normalized spacial score (nSPS) is 19.0. The zero-order chi connectivity index (χ0) is 27.6. The van der Waals surface area contributed by atoms with Crippen LogP contribution in [0.2, 0.25) is 0 Å². The van der Waals surface area contributed by atoms with Crippen LogP contribution in [0.25, 0.3) is 0 Å². The Morgan fingerprint density at radius 3 is 2.18 bits per heavy atom. The third-order valence-electron chi connectivity index (χ3n) is 7.48. The summed E-state index contributed by atoms with van der Waals surface area (Å²) in [7, 11) is -4.11. The average molecular weight is 544 g/mol. The lowest BCUT2D eigenvalue weighted by Crippen LogP contribution is -2.49. The molecule has 2 aliphatic rings. The van der Waals surface area contributed by atoms with Crippen molar-refractivity contribution in [3.8, 4) is 5.75 Å². The van der Waals surface area contributed by atoms with Gasteiger partial charge in [0, 0.05) is 26.2 Å². The Morgan fingerprint density at radius 1 is 1.00 bits per heavy atom. The Hall–Kier alpha value is -2.79. The molecule has 2 aromatic carbocycles. The second kappa shape index (κ2) is 11.5. The highest BCUT2D eigenvalue weighted by Crippen LogP contribution is 2.34. The number of carbonyl (C=O) groups excluding carboxylic acids is 2. The molecule has 2 heterocycles. The first kappa shape index (κ1) is 28.2. The van der Waals surface area contributed by atoms with Crippen LogP contribution >= 0.6 is 0 Å². The first-order valence-corrected chi connectivity index (χ1v) is 14.5. The lowest BCUT2D eigenvalue weighted by molar-refractivity contribution is -0.122. The van der Waals surface area contributed by atoms with E-state index in [1.54, 1.807) is 38.1 Å². The molecule has 2 saturated heterocycles. The predicted molar refractivity (Wildman–Crippen MR) is 145 cm³/mol. The van der Waals surface area contributed by atoms with Gasteiger partial charge in [0.2, 0.25) is 15.9 Å². The SMILES string of the molecule is CCOc1ccc(N2C(=O)CC(N(CCN3CCOCC3)S(=O)(=O)c3c(C)c(C)cc(C)c3C)C2=O)cc1. The minimum atomic E-state index is -4.11. The van der Waals surface area contributed by atoms with Crippen LogP contribution in [0.15, 0.2) is 35.2 Å². The fourth-order valence-corrected chi connectivity index (χ4v) is 7.32. The summed E-state index contributed by atoms with van der Waals surface area (Å²) in [5.74, 6) is -0.337. The van der Waals surface area contributed by atoms with Crippen molar-refractivity contribution in [1.29, 1.82) is 0 Å². The van der Waals surface area contributed by atoms with Crippen molar-refractivity contribution in [2.75, 3.05) is 50.9 Å². The van der Waals surface area contributed by atoms with Crippen molar-refractivity contribution in [2.45, 2.75) is 52.0 Å². The Labute approximate surface area is 225 Å². The summed E-state index contributed by atoms with van der Waals surface area (Å²) in [6.45, 7) is 12.8. The molecule has 2 fully saturated rings. The summed E-state index contributed by atoms with van der Waals surface area (Å²) >= 11 is 0. The number of morpholine rings is 1. The number of nitrogens with zero attached hydrogens (tertiary/aromatic N) is 3. The Morgan fingerprint density at radius 2 is 1.61 bits per heavy atom. The number of carbonyl (C=O) groups is 2. The van der Waals surface area contributed by atoms with Crippen LogP contribution in [0.4, 0.5) is 5.69 Å². The average Bonchev–Trinajstić information content (AvgIpc) is 3.17. The lowest BCUT2D eigenvalue weighted by atomic mass is 10.0. The van der Waals surface area contributed by atoms with Crippen LogP contribution in [0.5, 0.6) is 5.75 Å². The summed E-state index contributed by atoms with van der Waals surface area (Å²) in [4.78, 5) is 30.3. The lowest BCUT2D eigenvalue weighted by Gasteiger charge is -2.32. The van der Waals surface area contributed by atoms with Gasteiger partial charge in [0.15, 0.2) is 0 Å². The monoisotopic (exact) mass is 543 g/mol. The van der Waals surface area contributed by atoms with Gasteiger partial charge in [-0.3, -0.25) is 14.5 Å². The summed E-state index contributed by atoms with van der Waals surface area (Å²) in [5.41, 5.74) is 3.44. The Balaban J connectivity index is 1.71. The van der Waals surface area contributed by atoms with Gasteiger partial charge >= 0.3 is 0 Å². The highest BCUT2D eigenvalue weighted by atomic mass is 32.2. The van der Waals surface area contributed by atoms with Crippen LogP contribution < -0.4 is 9.64 Å². The molecule has 0 N–H and O–H groups in total. The highest BCUT2D eigenvalue weighted by molar-refractivity contribution is 7.89. The molecule has 0 radical (unpaired) electrons. The number of anilines is 1. The van der Waals surface area contributed by atoms with E-state index in [0.29, 0.717) is 62.0 Å². The number of benzene rings is 2. The van der Waals surface area contributed by atoms with E-state index >= 15 is 0 Å². The number of rotatable bonds is 9. The maximum absolute atomic E-state index is 14.3. The highest BCUT2D eigenvalue weighted by Gasteiger charge is 2.47. The molecule has 4 rings (SSSR count). The van der Waals surface area contributed by atoms with Gasteiger partial charge in [-0.05, 0) is 81.1 Å². The molecular formula is C28H37N3O6S. The molecular weight excluding hydrogens is 506 g/mol. The molecule has 206 valence electrons. The molecule has 2 aliphatic heterocycles. The standard InChI is InChI=1S/C28H37N3O6S/c1-6-37-24-9-7-23(8-10-24)31-26(32)18-25(28(31)33)30(12-11-29-13-15-36-16-14-29)38(34,35)27-21(4)19(2)17-20(3)22(27)5/h7-10,17,25H,6,11-16,18H2,1-5H3. The van der Waals surface area contributed by atoms with Gasteiger partial charge in [-0.1, -0.05) is 6.07 Å². The molecule has 0 aromatic heterocycles. The minimum absolute atomic E-state index is 0.0923. The zero-order valence-electron chi connectivity index (χ0n) is 22.8. The number of sulfonamides is 1. The van der Waals surface area contributed by atoms with Gasteiger partial charge in [-0.25, -0.2) is 13.3 Å². The summed E-state index contributed by atoms with van der Waals surface area (Å²) in [6.07, 6.45) is -0.211. The van der Waals surface area contributed by atoms with Gasteiger partial charge in [0.05, 0.1) is 36.8 Å². The Bertz CT molecular complexity index is 1280. The third-order valence-corrected chi connectivity index (χ3v) is 9.66. The first-order valence-electron chi connectivity index (χ1n) is 13.0. The number of aryl methyl sites for hydroxylation is 2. The van der Waals surface area contributed by atoms with Gasteiger partial charge < -0.3 is 9.47 Å². The molecule has 38 heavy (non-hydrogen) atoms. The molecule has 1 unspecified atom stereocenters. The number of amides is 2. The number of hydrogen-bond donors (Lipinski definition) is 0. The fraction of sp³-hybridized carbons (Fsp3) is 0.500. The predicted octanol–water partition coefficient (Wildman–Crippen LogP) is 2.97. The molecule has 2 amide bonds. The van der Waals surface area contributed by atoms with E-state index < -0.39 is 27.9 Å². The third kappa shape index (κ3) is 5.49. The van der Waals surface area contributed by atoms with E-state index in [9.17, 15) is 18.0 Å². The number of ether oxygens (including phenoxy) is 2. The van der Waals surface area contributed by atoms with E-state index in [2.05, 4.69) is 4.90 Å². The van der Waals surface area contributed by atoms with Gasteiger partial charge in [-0.2, -0.15) is 4.31 Å². The van der Waals surface area contributed by atoms with Gasteiger partial charge in [0.1, 0.15) is 11.8 Å². The first-order chi connectivity index (χ1) is 18.1. The van der Waals surface area contributed by atoms with Gasteiger partial charge in [0.25, 0.3) is 5.91 Å². The summed E-state index contributed by atoms with van der Waals surface area (Å²) < 4.78 is 40.8. The minimum Gasteiger partial charge on any atom is -0.494 e. The molecule has 1 atom stereocenters. The molecule has 10 heteroatoms. The van der Waals surface area contributed by atoms with Crippen LogP contribution in [-0.4, -0.2) is 81.5 Å². The molecule has 0 spiro atoms. The van der Waals surface area contributed by atoms with Crippen molar-refractivity contribution < 1.29 is 27.5 Å². The van der Waals surface area contributed by atoms with Crippen LogP contribution in [0, 0.1) is 27.7 Å². The second-order valence-corrected chi connectivity index (χ2v) is 11.7. The summed E-state index contributed by atoms with van der Waals surface area (Å²) in [5, 5.41) is 0. The van der Waals surface area contributed by atoms with Crippen molar-refractivity contribution in [1.82, 2.24) is 9.21 Å². The second-order valence-electron chi connectivity index (χ2n) is 9.87. The van der Waals surface area contributed by atoms with E-state index in [1.165, 1.54) is 4.31 Å². The topological polar surface area (TPSA) is 96.5 Å². The maximum Gasteiger partial charge on any atom is 0.252 e. The van der Waals surface area contributed by atoms with E-state index in [0.717, 1.165) is 16.0 Å². The van der Waals surface area contributed by atoms with Crippen molar-refractivity contribution in [3.05, 3.63) is 52.6 Å². The summed E-state index contributed by atoms with van der Waals surface area (Å²) in [6, 6.07) is 7.53. The molecule has 9 nitrogen and oxygen atoms in total. The molecule has 2 aromatic rings.